The maximum Gasteiger partial charge on any atom is 0.132 e. The minimum atomic E-state index is 0.558. The SMILES string of the molecule is CCCCCNCC(C)Sc1ccccc1OC. The number of para-hydroxylation sites is 1. The third-order valence-corrected chi connectivity index (χ3v) is 3.95. The lowest BCUT2D eigenvalue weighted by Gasteiger charge is -2.14. The van der Waals surface area contributed by atoms with E-state index in [1.54, 1.807) is 7.11 Å². The van der Waals surface area contributed by atoms with Gasteiger partial charge in [0.2, 0.25) is 0 Å². The lowest BCUT2D eigenvalue weighted by Crippen LogP contribution is -2.23. The average Bonchev–Trinajstić information content (AvgIpc) is 2.39. The molecule has 0 amide bonds. The summed E-state index contributed by atoms with van der Waals surface area (Å²) in [6.45, 7) is 6.67. The minimum Gasteiger partial charge on any atom is -0.496 e. The third kappa shape index (κ3) is 5.78. The molecular formula is C15H25NOS. The monoisotopic (exact) mass is 267 g/mol. The predicted octanol–water partition coefficient (Wildman–Crippen LogP) is 3.96. The van der Waals surface area contributed by atoms with Crippen LogP contribution < -0.4 is 10.1 Å². The van der Waals surface area contributed by atoms with Gasteiger partial charge in [-0.2, -0.15) is 0 Å². The fourth-order valence-electron chi connectivity index (χ4n) is 1.78. The van der Waals surface area contributed by atoms with Crippen molar-refractivity contribution in [2.24, 2.45) is 0 Å². The summed E-state index contributed by atoms with van der Waals surface area (Å²) in [5.41, 5.74) is 0. The van der Waals surface area contributed by atoms with Crippen molar-refractivity contribution in [1.29, 1.82) is 0 Å². The Labute approximate surface area is 116 Å². The molecule has 1 unspecified atom stereocenters. The lowest BCUT2D eigenvalue weighted by molar-refractivity contribution is 0.404. The highest BCUT2D eigenvalue weighted by Gasteiger charge is 2.07. The second-order valence-corrected chi connectivity index (χ2v) is 5.97. The van der Waals surface area contributed by atoms with E-state index in [-0.39, 0.29) is 0 Å². The number of ether oxygens (including phenoxy) is 1. The van der Waals surface area contributed by atoms with Crippen LogP contribution >= 0.6 is 11.8 Å². The highest BCUT2D eigenvalue weighted by Crippen LogP contribution is 2.31. The summed E-state index contributed by atoms with van der Waals surface area (Å²) in [5, 5.41) is 4.07. The Balaban J connectivity index is 2.28. The van der Waals surface area contributed by atoms with E-state index in [1.165, 1.54) is 24.2 Å². The van der Waals surface area contributed by atoms with Gasteiger partial charge in [-0.25, -0.2) is 0 Å². The summed E-state index contributed by atoms with van der Waals surface area (Å²) < 4.78 is 5.36. The molecule has 0 saturated heterocycles. The van der Waals surface area contributed by atoms with Crippen LogP contribution in [0.1, 0.15) is 33.1 Å². The number of unbranched alkanes of at least 4 members (excludes halogenated alkanes) is 2. The number of thioether (sulfide) groups is 1. The molecular weight excluding hydrogens is 242 g/mol. The maximum absolute atomic E-state index is 5.36. The van der Waals surface area contributed by atoms with Gasteiger partial charge in [-0.1, -0.05) is 38.8 Å². The zero-order valence-electron chi connectivity index (χ0n) is 11.7. The summed E-state index contributed by atoms with van der Waals surface area (Å²) in [4.78, 5) is 1.22. The van der Waals surface area contributed by atoms with E-state index in [0.29, 0.717) is 5.25 Å². The van der Waals surface area contributed by atoms with Gasteiger partial charge in [0.15, 0.2) is 0 Å². The zero-order valence-corrected chi connectivity index (χ0v) is 12.6. The summed E-state index contributed by atoms with van der Waals surface area (Å²) >= 11 is 1.87. The van der Waals surface area contributed by atoms with Crippen LogP contribution in [-0.2, 0) is 0 Å². The van der Waals surface area contributed by atoms with Gasteiger partial charge in [-0.05, 0) is 25.1 Å². The Morgan fingerprint density at radius 1 is 1.28 bits per heavy atom. The molecule has 3 heteroatoms. The summed E-state index contributed by atoms with van der Waals surface area (Å²) in [6, 6.07) is 8.21. The zero-order chi connectivity index (χ0) is 13.2. The van der Waals surface area contributed by atoms with Crippen LogP contribution in [0.25, 0.3) is 0 Å². The van der Waals surface area contributed by atoms with E-state index in [2.05, 4.69) is 31.3 Å². The normalized spacial score (nSPS) is 12.4. The molecule has 0 heterocycles. The Morgan fingerprint density at radius 2 is 2.06 bits per heavy atom. The van der Waals surface area contributed by atoms with Crippen molar-refractivity contribution in [1.82, 2.24) is 5.32 Å². The van der Waals surface area contributed by atoms with Crippen LogP contribution in [0.5, 0.6) is 5.75 Å². The standard InChI is InChI=1S/C15H25NOS/c1-4-5-8-11-16-12-13(2)18-15-10-7-6-9-14(15)17-3/h6-7,9-10,13,16H,4-5,8,11-12H2,1-3H3. The molecule has 1 N–H and O–H groups in total. The molecule has 18 heavy (non-hydrogen) atoms. The van der Waals surface area contributed by atoms with Crippen molar-refractivity contribution >= 4 is 11.8 Å². The molecule has 0 radical (unpaired) electrons. The number of methoxy groups -OCH3 is 1. The van der Waals surface area contributed by atoms with E-state index in [4.69, 9.17) is 4.74 Å². The molecule has 1 aromatic carbocycles. The Kier molecular flexibility index (Phi) is 7.94. The van der Waals surface area contributed by atoms with Crippen LogP contribution in [0.2, 0.25) is 0 Å². The van der Waals surface area contributed by atoms with Crippen LogP contribution in [-0.4, -0.2) is 25.4 Å². The molecule has 2 nitrogen and oxygen atoms in total. The van der Waals surface area contributed by atoms with Gasteiger partial charge in [0.25, 0.3) is 0 Å². The van der Waals surface area contributed by atoms with E-state index in [0.717, 1.165) is 18.8 Å². The van der Waals surface area contributed by atoms with Crippen molar-refractivity contribution in [2.75, 3.05) is 20.2 Å². The molecule has 0 bridgehead atoms. The molecule has 1 aromatic rings. The lowest BCUT2D eigenvalue weighted by atomic mass is 10.2. The van der Waals surface area contributed by atoms with Gasteiger partial charge in [0, 0.05) is 16.7 Å². The minimum absolute atomic E-state index is 0.558. The summed E-state index contributed by atoms with van der Waals surface area (Å²) in [6.07, 6.45) is 3.89. The molecule has 0 aliphatic rings. The van der Waals surface area contributed by atoms with Gasteiger partial charge in [0.1, 0.15) is 5.75 Å². The fourth-order valence-corrected chi connectivity index (χ4v) is 2.84. The number of hydrogen-bond acceptors (Lipinski definition) is 3. The van der Waals surface area contributed by atoms with Gasteiger partial charge in [-0.3, -0.25) is 0 Å². The maximum atomic E-state index is 5.36. The van der Waals surface area contributed by atoms with Gasteiger partial charge < -0.3 is 10.1 Å². The molecule has 0 aliphatic carbocycles. The van der Waals surface area contributed by atoms with Gasteiger partial charge >= 0.3 is 0 Å². The first kappa shape index (κ1) is 15.4. The van der Waals surface area contributed by atoms with Crippen molar-refractivity contribution < 1.29 is 4.74 Å². The first-order chi connectivity index (χ1) is 8.77. The summed E-state index contributed by atoms with van der Waals surface area (Å²) in [5.74, 6) is 0.973. The Hall–Kier alpha value is -0.670. The van der Waals surface area contributed by atoms with E-state index in [9.17, 15) is 0 Å². The van der Waals surface area contributed by atoms with Crippen molar-refractivity contribution in [3.63, 3.8) is 0 Å². The number of benzene rings is 1. The smallest absolute Gasteiger partial charge is 0.132 e. The molecule has 102 valence electrons. The van der Waals surface area contributed by atoms with Gasteiger partial charge in [0.05, 0.1) is 7.11 Å². The third-order valence-electron chi connectivity index (χ3n) is 2.79. The van der Waals surface area contributed by atoms with Gasteiger partial charge in [-0.15, -0.1) is 11.8 Å². The molecule has 0 saturated carbocycles. The topological polar surface area (TPSA) is 21.3 Å². The van der Waals surface area contributed by atoms with E-state index < -0.39 is 0 Å². The molecule has 0 spiro atoms. The second kappa shape index (κ2) is 9.29. The molecule has 1 rings (SSSR count). The summed E-state index contributed by atoms with van der Waals surface area (Å²) in [7, 11) is 1.73. The second-order valence-electron chi connectivity index (χ2n) is 4.49. The van der Waals surface area contributed by atoms with Crippen LogP contribution in [0.15, 0.2) is 29.2 Å². The number of hydrogen-bond donors (Lipinski definition) is 1. The molecule has 0 aromatic heterocycles. The fraction of sp³-hybridized carbons (Fsp3) is 0.600. The van der Waals surface area contributed by atoms with Crippen molar-refractivity contribution in [3.05, 3.63) is 24.3 Å². The first-order valence-corrected chi connectivity index (χ1v) is 7.66. The average molecular weight is 267 g/mol. The largest absolute Gasteiger partial charge is 0.496 e. The van der Waals surface area contributed by atoms with Crippen LogP contribution in [0.3, 0.4) is 0 Å². The molecule has 0 fully saturated rings. The Morgan fingerprint density at radius 3 is 2.78 bits per heavy atom. The first-order valence-electron chi connectivity index (χ1n) is 6.78. The quantitative estimate of drug-likeness (QED) is 0.540. The van der Waals surface area contributed by atoms with Crippen molar-refractivity contribution in [3.8, 4) is 5.75 Å². The highest BCUT2D eigenvalue weighted by molar-refractivity contribution is 8.00. The van der Waals surface area contributed by atoms with Crippen LogP contribution in [0.4, 0.5) is 0 Å². The molecule has 1 atom stereocenters. The van der Waals surface area contributed by atoms with Crippen LogP contribution in [0, 0.1) is 0 Å². The number of rotatable bonds is 9. The molecule has 0 aliphatic heterocycles. The predicted molar refractivity (Wildman–Crippen MR) is 80.7 cm³/mol. The Bertz CT molecular complexity index is 330. The highest BCUT2D eigenvalue weighted by atomic mass is 32.2. The van der Waals surface area contributed by atoms with E-state index >= 15 is 0 Å². The van der Waals surface area contributed by atoms with E-state index in [1.807, 2.05) is 23.9 Å². The van der Waals surface area contributed by atoms with Crippen molar-refractivity contribution in [2.45, 2.75) is 43.3 Å². The number of nitrogens with one attached hydrogen (secondary N) is 1.